The van der Waals surface area contributed by atoms with Gasteiger partial charge in [-0.25, -0.2) is 4.39 Å². The van der Waals surface area contributed by atoms with Gasteiger partial charge < -0.3 is 0 Å². The van der Waals surface area contributed by atoms with Crippen molar-refractivity contribution in [3.05, 3.63) is 40.7 Å². The van der Waals surface area contributed by atoms with Gasteiger partial charge in [-0.2, -0.15) is 0 Å². The lowest BCUT2D eigenvalue weighted by molar-refractivity contribution is -0.109. The molecule has 1 aromatic rings. The fourth-order valence-electron chi connectivity index (χ4n) is 1.12. The molecule has 0 aliphatic rings. The number of thioether (sulfide) groups is 1. The van der Waals surface area contributed by atoms with E-state index >= 15 is 0 Å². The van der Waals surface area contributed by atoms with Crippen LogP contribution in [-0.4, -0.2) is 10.9 Å². The number of halogens is 2. The molecule has 0 aromatic heterocycles. The van der Waals surface area contributed by atoms with E-state index in [1.54, 1.807) is 6.08 Å². The van der Waals surface area contributed by atoms with Gasteiger partial charge in [-0.3, -0.25) is 4.79 Å². The van der Waals surface area contributed by atoms with Crippen LogP contribution in [0.5, 0.6) is 0 Å². The molecule has 1 aromatic carbocycles. The molecule has 0 bridgehead atoms. The third-order valence-electron chi connectivity index (χ3n) is 1.85. The molecule has 0 aliphatic heterocycles. The molecule has 0 fully saturated rings. The molecule has 0 spiro atoms. The number of carbonyl (C=O) groups is 1. The SMILES string of the molecule is CC(=O)SCCC=Cc1cc(F)ccc1Cl. The van der Waals surface area contributed by atoms with Crippen LogP contribution in [0.15, 0.2) is 24.3 Å². The van der Waals surface area contributed by atoms with Gasteiger partial charge in [-0.1, -0.05) is 35.5 Å². The molecule has 0 saturated carbocycles. The first kappa shape index (κ1) is 13.3. The third kappa shape index (κ3) is 4.81. The van der Waals surface area contributed by atoms with E-state index in [1.807, 2.05) is 6.08 Å². The summed E-state index contributed by atoms with van der Waals surface area (Å²) in [4.78, 5) is 10.6. The van der Waals surface area contributed by atoms with Crippen LogP contribution in [-0.2, 0) is 4.79 Å². The van der Waals surface area contributed by atoms with Crippen molar-refractivity contribution in [2.24, 2.45) is 0 Å². The highest BCUT2D eigenvalue weighted by Crippen LogP contribution is 2.18. The molecule has 0 N–H and O–H groups in total. The van der Waals surface area contributed by atoms with Crippen molar-refractivity contribution in [2.75, 3.05) is 5.75 Å². The van der Waals surface area contributed by atoms with Crippen LogP contribution in [0.1, 0.15) is 18.9 Å². The van der Waals surface area contributed by atoms with Gasteiger partial charge in [-0.05, 0) is 30.2 Å². The maximum Gasteiger partial charge on any atom is 0.185 e. The molecule has 86 valence electrons. The van der Waals surface area contributed by atoms with E-state index in [0.29, 0.717) is 10.6 Å². The first-order chi connectivity index (χ1) is 7.59. The summed E-state index contributed by atoms with van der Waals surface area (Å²) < 4.78 is 12.9. The van der Waals surface area contributed by atoms with Crippen molar-refractivity contribution in [3.63, 3.8) is 0 Å². The van der Waals surface area contributed by atoms with Crippen LogP contribution in [0.3, 0.4) is 0 Å². The van der Waals surface area contributed by atoms with Gasteiger partial charge >= 0.3 is 0 Å². The molecule has 0 heterocycles. The molecule has 0 amide bonds. The monoisotopic (exact) mass is 258 g/mol. The number of benzene rings is 1. The minimum Gasteiger partial charge on any atom is -0.288 e. The molecule has 0 aliphatic carbocycles. The lowest BCUT2D eigenvalue weighted by Gasteiger charge is -1.98. The summed E-state index contributed by atoms with van der Waals surface area (Å²) in [5.74, 6) is 0.431. The quantitative estimate of drug-likeness (QED) is 0.755. The average Bonchev–Trinajstić information content (AvgIpc) is 2.22. The van der Waals surface area contributed by atoms with E-state index in [-0.39, 0.29) is 10.9 Å². The van der Waals surface area contributed by atoms with Gasteiger partial charge in [0.2, 0.25) is 0 Å². The van der Waals surface area contributed by atoms with Crippen molar-refractivity contribution < 1.29 is 9.18 Å². The fourth-order valence-corrected chi connectivity index (χ4v) is 1.85. The van der Waals surface area contributed by atoms with Gasteiger partial charge in [-0.15, -0.1) is 0 Å². The average molecular weight is 259 g/mol. The van der Waals surface area contributed by atoms with E-state index in [1.165, 1.54) is 36.9 Å². The molecule has 0 radical (unpaired) electrons. The minimum atomic E-state index is -0.304. The Morgan fingerprint density at radius 2 is 2.31 bits per heavy atom. The van der Waals surface area contributed by atoms with Crippen molar-refractivity contribution >= 4 is 34.6 Å². The summed E-state index contributed by atoms with van der Waals surface area (Å²) >= 11 is 7.16. The van der Waals surface area contributed by atoms with Crippen LogP contribution in [0.25, 0.3) is 6.08 Å². The van der Waals surface area contributed by atoms with Crippen LogP contribution in [0, 0.1) is 5.82 Å². The maximum absolute atomic E-state index is 12.9. The van der Waals surface area contributed by atoms with Crippen LogP contribution >= 0.6 is 23.4 Å². The number of carbonyl (C=O) groups excluding carboxylic acids is 1. The zero-order chi connectivity index (χ0) is 12.0. The zero-order valence-corrected chi connectivity index (χ0v) is 10.4. The fraction of sp³-hybridized carbons (Fsp3) is 0.250. The summed E-state index contributed by atoms with van der Waals surface area (Å²) in [6, 6.07) is 4.24. The molecule has 4 heteroatoms. The highest BCUT2D eigenvalue weighted by Gasteiger charge is 1.98. The smallest absolute Gasteiger partial charge is 0.185 e. The Labute approximate surface area is 104 Å². The van der Waals surface area contributed by atoms with Gasteiger partial charge in [0, 0.05) is 17.7 Å². The lowest BCUT2D eigenvalue weighted by atomic mass is 10.2. The summed E-state index contributed by atoms with van der Waals surface area (Å²) in [6.07, 6.45) is 4.42. The normalized spacial score (nSPS) is 10.9. The Bertz CT molecular complexity index is 404. The Morgan fingerprint density at radius 1 is 1.56 bits per heavy atom. The Morgan fingerprint density at radius 3 is 3.00 bits per heavy atom. The second-order valence-corrected chi connectivity index (χ2v) is 4.88. The summed E-state index contributed by atoms with van der Waals surface area (Å²) in [5, 5.41) is 0.633. The van der Waals surface area contributed by atoms with Crippen LogP contribution in [0.4, 0.5) is 4.39 Å². The maximum atomic E-state index is 12.9. The summed E-state index contributed by atoms with van der Waals surface area (Å²) in [6.45, 7) is 1.54. The topological polar surface area (TPSA) is 17.1 Å². The summed E-state index contributed by atoms with van der Waals surface area (Å²) in [7, 11) is 0. The van der Waals surface area contributed by atoms with E-state index in [0.717, 1.165) is 12.2 Å². The largest absolute Gasteiger partial charge is 0.288 e. The lowest BCUT2D eigenvalue weighted by Crippen LogP contribution is -1.84. The van der Waals surface area contributed by atoms with E-state index in [9.17, 15) is 9.18 Å². The van der Waals surface area contributed by atoms with Gasteiger partial charge in [0.1, 0.15) is 5.82 Å². The number of rotatable bonds is 4. The zero-order valence-electron chi connectivity index (χ0n) is 8.87. The highest BCUT2D eigenvalue weighted by molar-refractivity contribution is 8.13. The molecular weight excluding hydrogens is 247 g/mol. The van der Waals surface area contributed by atoms with Crippen molar-refractivity contribution in [2.45, 2.75) is 13.3 Å². The Balaban J connectivity index is 2.49. The number of hydrogen-bond acceptors (Lipinski definition) is 2. The number of allylic oxidation sites excluding steroid dienone is 1. The van der Waals surface area contributed by atoms with E-state index in [4.69, 9.17) is 11.6 Å². The number of hydrogen-bond donors (Lipinski definition) is 0. The second-order valence-electron chi connectivity index (χ2n) is 3.20. The molecule has 0 atom stereocenters. The third-order valence-corrected chi connectivity index (χ3v) is 3.04. The minimum absolute atomic E-state index is 0.109. The predicted molar refractivity (Wildman–Crippen MR) is 68.2 cm³/mol. The molecule has 0 unspecified atom stereocenters. The van der Waals surface area contributed by atoms with Crippen LogP contribution in [0.2, 0.25) is 5.02 Å². The molecule has 0 saturated heterocycles. The molecule has 1 nitrogen and oxygen atoms in total. The molecule has 16 heavy (non-hydrogen) atoms. The first-order valence-corrected chi connectivity index (χ1v) is 6.21. The second kappa shape index (κ2) is 6.71. The predicted octanol–water partition coefficient (Wildman–Crippen LogP) is 4.16. The first-order valence-electron chi connectivity index (χ1n) is 4.84. The van der Waals surface area contributed by atoms with Crippen molar-refractivity contribution in [1.29, 1.82) is 0 Å². The molecular formula is C12H12ClFOS. The standard InChI is InChI=1S/C12H12ClFOS/c1-9(15)16-7-3-2-4-10-8-11(14)5-6-12(10)13/h2,4-6,8H,3,7H2,1H3. The van der Waals surface area contributed by atoms with Crippen molar-refractivity contribution in [1.82, 2.24) is 0 Å². The van der Waals surface area contributed by atoms with Crippen LogP contribution < -0.4 is 0 Å². The van der Waals surface area contributed by atoms with Gasteiger partial charge in [0.25, 0.3) is 0 Å². The molecule has 1 rings (SSSR count). The Kier molecular flexibility index (Phi) is 5.56. The highest BCUT2D eigenvalue weighted by atomic mass is 35.5. The Hall–Kier alpha value is -0.800. The van der Waals surface area contributed by atoms with Crippen molar-refractivity contribution in [3.8, 4) is 0 Å². The summed E-state index contributed by atoms with van der Waals surface area (Å²) in [5.41, 5.74) is 0.662. The van der Waals surface area contributed by atoms with Gasteiger partial charge in [0.15, 0.2) is 5.12 Å². The van der Waals surface area contributed by atoms with Gasteiger partial charge in [0.05, 0.1) is 0 Å². The van der Waals surface area contributed by atoms with E-state index in [2.05, 4.69) is 0 Å². The van der Waals surface area contributed by atoms with E-state index < -0.39 is 0 Å².